The summed E-state index contributed by atoms with van der Waals surface area (Å²) in [5, 5.41) is 3.46. The highest BCUT2D eigenvalue weighted by atomic mass is 16.7. The molecule has 1 atom stereocenters. The Morgan fingerprint density at radius 3 is 2.43 bits per heavy atom. The Morgan fingerprint density at radius 2 is 1.79 bits per heavy atom. The number of benzene rings is 1. The predicted molar refractivity (Wildman–Crippen MR) is 110 cm³/mol. The topological polar surface area (TPSA) is 65.5 Å². The molecule has 0 spiro atoms. The maximum atomic E-state index is 6.07. The standard InChI is InChI=1S/C21H28BN3O3/c1-20(2)21(3,4)28-22(27-20)15-12-23-19(24-13-15)25-16-9-10-17-14(11-16)7-6-8-18(17)26-5/h6-8,12-13,16H,9-11H2,1-5H3,(H,23,24,25)/t16-/m0/s1. The van der Waals surface area contributed by atoms with Gasteiger partial charge in [-0.05, 0) is 64.2 Å². The van der Waals surface area contributed by atoms with E-state index in [9.17, 15) is 0 Å². The van der Waals surface area contributed by atoms with Crippen LogP contribution in [0.2, 0.25) is 0 Å². The maximum Gasteiger partial charge on any atom is 0.498 e. The van der Waals surface area contributed by atoms with E-state index in [4.69, 9.17) is 14.0 Å². The summed E-state index contributed by atoms with van der Waals surface area (Å²) in [6.07, 6.45) is 6.53. The molecule has 1 aromatic heterocycles. The van der Waals surface area contributed by atoms with Gasteiger partial charge in [0.25, 0.3) is 0 Å². The molecule has 1 aliphatic carbocycles. The van der Waals surface area contributed by atoms with Crippen LogP contribution in [0.1, 0.15) is 45.2 Å². The highest BCUT2D eigenvalue weighted by Crippen LogP contribution is 2.36. The summed E-state index contributed by atoms with van der Waals surface area (Å²) in [6, 6.07) is 6.57. The van der Waals surface area contributed by atoms with E-state index in [1.165, 1.54) is 11.1 Å². The van der Waals surface area contributed by atoms with Gasteiger partial charge in [0, 0.05) is 23.9 Å². The molecule has 1 N–H and O–H groups in total. The van der Waals surface area contributed by atoms with Crippen LogP contribution < -0.4 is 15.5 Å². The molecule has 0 amide bonds. The van der Waals surface area contributed by atoms with Crippen LogP contribution in [-0.2, 0) is 22.2 Å². The van der Waals surface area contributed by atoms with Crippen LogP contribution in [0, 0.1) is 0 Å². The molecule has 1 saturated heterocycles. The zero-order valence-electron chi connectivity index (χ0n) is 17.3. The van der Waals surface area contributed by atoms with E-state index in [1.54, 1.807) is 19.5 Å². The van der Waals surface area contributed by atoms with Crippen molar-refractivity contribution < 1.29 is 14.0 Å². The van der Waals surface area contributed by atoms with Gasteiger partial charge in [0.15, 0.2) is 0 Å². The second kappa shape index (κ2) is 7.05. The molecular weight excluding hydrogens is 353 g/mol. The van der Waals surface area contributed by atoms with Gasteiger partial charge >= 0.3 is 7.12 Å². The zero-order chi connectivity index (χ0) is 19.9. The van der Waals surface area contributed by atoms with E-state index in [0.717, 1.165) is 30.5 Å². The Kier molecular flexibility index (Phi) is 4.84. The molecule has 6 nitrogen and oxygen atoms in total. The Hall–Kier alpha value is -2.12. The monoisotopic (exact) mass is 381 g/mol. The summed E-state index contributed by atoms with van der Waals surface area (Å²) in [4.78, 5) is 8.99. The highest BCUT2D eigenvalue weighted by Gasteiger charge is 2.51. The van der Waals surface area contributed by atoms with Gasteiger partial charge in [0.05, 0.1) is 18.3 Å². The van der Waals surface area contributed by atoms with Crippen molar-refractivity contribution in [3.05, 3.63) is 41.7 Å². The average molecular weight is 381 g/mol. The van der Waals surface area contributed by atoms with Crippen molar-refractivity contribution in [1.29, 1.82) is 0 Å². The smallest absolute Gasteiger partial charge is 0.496 e. The number of nitrogens with one attached hydrogen (secondary N) is 1. The summed E-state index contributed by atoms with van der Waals surface area (Å²) in [5.41, 5.74) is 2.75. The molecule has 0 saturated carbocycles. The van der Waals surface area contributed by atoms with E-state index in [2.05, 4.69) is 27.4 Å². The molecular formula is C21H28BN3O3. The first-order valence-corrected chi connectivity index (χ1v) is 9.88. The molecule has 28 heavy (non-hydrogen) atoms. The lowest BCUT2D eigenvalue weighted by molar-refractivity contribution is 0.00578. The Labute approximate surface area is 167 Å². The SMILES string of the molecule is COc1cccc2c1CC[C@H](Nc1ncc(B3OC(C)(C)C(C)(C)O3)cn1)C2. The van der Waals surface area contributed by atoms with E-state index in [-0.39, 0.29) is 11.2 Å². The van der Waals surface area contributed by atoms with Crippen molar-refractivity contribution in [2.24, 2.45) is 0 Å². The Bertz CT molecular complexity index is 838. The van der Waals surface area contributed by atoms with Crippen LogP contribution in [0.15, 0.2) is 30.6 Å². The molecule has 0 bridgehead atoms. The van der Waals surface area contributed by atoms with Gasteiger partial charge in [0.2, 0.25) is 5.95 Å². The summed E-state index contributed by atoms with van der Waals surface area (Å²) < 4.78 is 17.6. The number of ether oxygens (including phenoxy) is 1. The number of methoxy groups -OCH3 is 1. The number of hydrogen-bond donors (Lipinski definition) is 1. The predicted octanol–water partition coefficient (Wildman–Crippen LogP) is 2.75. The van der Waals surface area contributed by atoms with Gasteiger partial charge in [-0.1, -0.05) is 12.1 Å². The molecule has 0 radical (unpaired) electrons. The number of hydrogen-bond acceptors (Lipinski definition) is 6. The van der Waals surface area contributed by atoms with Crippen molar-refractivity contribution in [3.8, 4) is 5.75 Å². The van der Waals surface area contributed by atoms with Gasteiger partial charge in [-0.2, -0.15) is 0 Å². The third kappa shape index (κ3) is 3.49. The third-order valence-electron chi connectivity index (χ3n) is 6.19. The second-order valence-electron chi connectivity index (χ2n) is 8.61. The molecule has 2 aromatic rings. The number of fused-ring (bicyclic) bond motifs is 1. The van der Waals surface area contributed by atoms with Crippen LogP contribution in [0.5, 0.6) is 5.75 Å². The van der Waals surface area contributed by atoms with Gasteiger partial charge in [-0.3, -0.25) is 0 Å². The van der Waals surface area contributed by atoms with Crippen LogP contribution >= 0.6 is 0 Å². The Morgan fingerprint density at radius 1 is 1.11 bits per heavy atom. The minimum atomic E-state index is -0.437. The molecule has 7 heteroatoms. The van der Waals surface area contributed by atoms with Crippen molar-refractivity contribution in [1.82, 2.24) is 9.97 Å². The second-order valence-corrected chi connectivity index (χ2v) is 8.61. The number of aromatic nitrogens is 2. The summed E-state index contributed by atoms with van der Waals surface area (Å²) in [7, 11) is 1.29. The maximum absolute atomic E-state index is 6.07. The lowest BCUT2D eigenvalue weighted by Crippen LogP contribution is -2.41. The third-order valence-corrected chi connectivity index (χ3v) is 6.19. The molecule has 4 rings (SSSR count). The van der Waals surface area contributed by atoms with E-state index in [0.29, 0.717) is 12.0 Å². The molecule has 148 valence electrons. The van der Waals surface area contributed by atoms with Crippen molar-refractivity contribution in [2.45, 2.75) is 64.2 Å². The summed E-state index contributed by atoms with van der Waals surface area (Å²) >= 11 is 0. The largest absolute Gasteiger partial charge is 0.498 e. The quantitative estimate of drug-likeness (QED) is 0.822. The normalized spacial score (nSPS) is 22.6. The van der Waals surface area contributed by atoms with Crippen LogP contribution in [0.3, 0.4) is 0 Å². The average Bonchev–Trinajstić information content (AvgIpc) is 2.89. The molecule has 1 fully saturated rings. The van der Waals surface area contributed by atoms with E-state index >= 15 is 0 Å². The van der Waals surface area contributed by atoms with Gasteiger partial charge in [0.1, 0.15) is 5.75 Å². The van der Waals surface area contributed by atoms with Crippen LogP contribution in [0.25, 0.3) is 0 Å². The van der Waals surface area contributed by atoms with Crippen molar-refractivity contribution >= 4 is 18.5 Å². The first-order valence-electron chi connectivity index (χ1n) is 9.88. The minimum Gasteiger partial charge on any atom is -0.496 e. The van der Waals surface area contributed by atoms with Crippen molar-refractivity contribution in [3.63, 3.8) is 0 Å². The number of nitrogens with zero attached hydrogens (tertiary/aromatic N) is 2. The van der Waals surface area contributed by atoms with E-state index < -0.39 is 7.12 Å². The zero-order valence-corrected chi connectivity index (χ0v) is 17.3. The minimum absolute atomic E-state index is 0.308. The van der Waals surface area contributed by atoms with Gasteiger partial charge in [-0.25, -0.2) is 9.97 Å². The number of anilines is 1. The first kappa shape index (κ1) is 19.2. The molecule has 1 aromatic carbocycles. The molecule has 1 aliphatic heterocycles. The fourth-order valence-corrected chi connectivity index (χ4v) is 3.78. The highest BCUT2D eigenvalue weighted by molar-refractivity contribution is 6.61. The van der Waals surface area contributed by atoms with Gasteiger partial charge < -0.3 is 19.4 Å². The lowest BCUT2D eigenvalue weighted by atomic mass is 9.81. The molecule has 0 unspecified atom stereocenters. The summed E-state index contributed by atoms with van der Waals surface area (Å²) in [5.74, 6) is 1.62. The van der Waals surface area contributed by atoms with Crippen LogP contribution in [-0.4, -0.2) is 41.4 Å². The Balaban J connectivity index is 1.42. The molecule has 2 heterocycles. The fraction of sp³-hybridized carbons (Fsp3) is 0.524. The first-order chi connectivity index (χ1) is 13.3. The summed E-state index contributed by atoms with van der Waals surface area (Å²) in [6.45, 7) is 8.17. The van der Waals surface area contributed by atoms with Crippen molar-refractivity contribution in [2.75, 3.05) is 12.4 Å². The van der Waals surface area contributed by atoms with E-state index in [1.807, 2.05) is 33.8 Å². The number of rotatable bonds is 4. The van der Waals surface area contributed by atoms with Crippen LogP contribution in [0.4, 0.5) is 5.95 Å². The lowest BCUT2D eigenvalue weighted by Gasteiger charge is -2.32. The fourth-order valence-electron chi connectivity index (χ4n) is 3.78. The van der Waals surface area contributed by atoms with Gasteiger partial charge in [-0.15, -0.1) is 0 Å². The molecule has 2 aliphatic rings.